The summed E-state index contributed by atoms with van der Waals surface area (Å²) in [5.74, 6) is -1.94. The number of anilines is 2. The Bertz CT molecular complexity index is 1250. The van der Waals surface area contributed by atoms with Crippen LogP contribution < -0.4 is 5.32 Å². The second-order valence-corrected chi connectivity index (χ2v) is 6.17. The van der Waals surface area contributed by atoms with Crippen LogP contribution in [0, 0.1) is 0 Å². The Balaban J connectivity index is 1.70. The summed E-state index contributed by atoms with van der Waals surface area (Å²) in [4.78, 5) is 23.8. The van der Waals surface area contributed by atoms with E-state index in [0.717, 1.165) is 11.9 Å². The first-order valence-electron chi connectivity index (χ1n) is 8.10. The van der Waals surface area contributed by atoms with E-state index in [2.05, 4.69) is 30.5 Å². The molecule has 5 rings (SSSR count). The maximum absolute atomic E-state index is 12.9. The molecule has 0 spiro atoms. The van der Waals surface area contributed by atoms with Crippen molar-refractivity contribution in [2.45, 2.75) is 6.18 Å². The van der Waals surface area contributed by atoms with E-state index >= 15 is 0 Å². The molecule has 10 heteroatoms. The van der Waals surface area contributed by atoms with Gasteiger partial charge in [-0.1, -0.05) is 0 Å². The van der Waals surface area contributed by atoms with Crippen LogP contribution >= 0.6 is 0 Å². The Morgan fingerprint density at radius 1 is 1.00 bits per heavy atom. The summed E-state index contributed by atoms with van der Waals surface area (Å²) in [6, 6.07) is 5.33. The maximum Gasteiger partial charge on any atom is 0.451 e. The van der Waals surface area contributed by atoms with E-state index in [9.17, 15) is 18.0 Å². The van der Waals surface area contributed by atoms with Crippen LogP contribution in [0.2, 0.25) is 0 Å². The molecule has 0 amide bonds. The van der Waals surface area contributed by atoms with Crippen molar-refractivity contribution in [1.82, 2.24) is 25.1 Å². The molecule has 0 bridgehead atoms. The third-order valence-electron chi connectivity index (χ3n) is 4.43. The molecule has 0 atom stereocenters. The third-order valence-corrected chi connectivity index (χ3v) is 4.43. The van der Waals surface area contributed by atoms with Gasteiger partial charge in [0.25, 0.3) is 0 Å². The zero-order valence-electron chi connectivity index (χ0n) is 13.9. The van der Waals surface area contributed by atoms with Gasteiger partial charge in [0.1, 0.15) is 5.69 Å². The van der Waals surface area contributed by atoms with Crippen molar-refractivity contribution in [3.8, 4) is 11.1 Å². The van der Waals surface area contributed by atoms with Crippen LogP contribution in [0.25, 0.3) is 22.0 Å². The first-order chi connectivity index (χ1) is 13.4. The van der Waals surface area contributed by atoms with Gasteiger partial charge in [0, 0.05) is 40.8 Å². The summed E-state index contributed by atoms with van der Waals surface area (Å²) in [7, 11) is 0. The van der Waals surface area contributed by atoms with Gasteiger partial charge in [0.2, 0.25) is 11.6 Å². The van der Waals surface area contributed by atoms with E-state index < -0.39 is 17.8 Å². The van der Waals surface area contributed by atoms with Crippen molar-refractivity contribution >= 4 is 28.1 Å². The average molecular weight is 382 g/mol. The lowest BCUT2D eigenvalue weighted by molar-refractivity contribution is -0.145. The van der Waals surface area contributed by atoms with Gasteiger partial charge in [-0.2, -0.15) is 18.3 Å². The zero-order valence-corrected chi connectivity index (χ0v) is 13.9. The standard InChI is InChI=1S/C18H9F3N6O/c19-18(20,21)17-23-6-11-14-10-3-8(26-9-4-24-25-5-9)1-2-13(10)22-7-12(14)16(28)15(11)27-17/h1-7,26H,(H,24,25). The summed E-state index contributed by atoms with van der Waals surface area (Å²) in [5, 5.41) is 10.3. The fraction of sp³-hybridized carbons (Fsp3) is 0.0556. The summed E-state index contributed by atoms with van der Waals surface area (Å²) >= 11 is 0. The van der Waals surface area contributed by atoms with Crippen molar-refractivity contribution in [3.05, 3.63) is 60.1 Å². The topological polar surface area (TPSA) is 96.5 Å². The SMILES string of the molecule is O=C1c2cnc3ccc(Nc4cn[nH]c4)cc3c2-c2cnc(C(F)(F)F)nc21. The number of carbonyl (C=O) groups excluding carboxylic acids is 1. The first kappa shape index (κ1) is 16.4. The van der Waals surface area contributed by atoms with E-state index in [0.29, 0.717) is 22.2 Å². The number of ketones is 1. The highest BCUT2D eigenvalue weighted by Gasteiger charge is 2.38. The number of nitrogens with one attached hydrogen (secondary N) is 2. The predicted molar refractivity (Wildman–Crippen MR) is 93.1 cm³/mol. The van der Waals surface area contributed by atoms with Crippen molar-refractivity contribution in [3.63, 3.8) is 0 Å². The molecule has 0 radical (unpaired) electrons. The Morgan fingerprint density at radius 2 is 1.82 bits per heavy atom. The molecule has 0 unspecified atom stereocenters. The molecule has 7 nitrogen and oxygen atoms in total. The summed E-state index contributed by atoms with van der Waals surface area (Å²) < 4.78 is 38.8. The number of halogens is 3. The quantitative estimate of drug-likeness (QED) is 0.483. The largest absolute Gasteiger partial charge is 0.451 e. The Labute approximate surface area is 154 Å². The third kappa shape index (κ3) is 2.42. The highest BCUT2D eigenvalue weighted by molar-refractivity contribution is 6.24. The minimum absolute atomic E-state index is 0.205. The second-order valence-electron chi connectivity index (χ2n) is 6.17. The van der Waals surface area contributed by atoms with Gasteiger partial charge in [-0.15, -0.1) is 0 Å². The van der Waals surface area contributed by atoms with Crippen LogP contribution in [0.3, 0.4) is 0 Å². The lowest BCUT2D eigenvalue weighted by Gasteiger charge is -2.09. The van der Waals surface area contributed by atoms with Crippen molar-refractivity contribution in [1.29, 1.82) is 0 Å². The smallest absolute Gasteiger partial charge is 0.353 e. The van der Waals surface area contributed by atoms with E-state index in [1.165, 1.54) is 6.20 Å². The van der Waals surface area contributed by atoms with E-state index in [1.807, 2.05) is 0 Å². The van der Waals surface area contributed by atoms with Crippen LogP contribution in [0.5, 0.6) is 0 Å². The fourth-order valence-electron chi connectivity index (χ4n) is 3.22. The number of pyridine rings is 1. The van der Waals surface area contributed by atoms with Crippen molar-refractivity contribution in [2.24, 2.45) is 0 Å². The molecule has 138 valence electrons. The highest BCUT2D eigenvalue weighted by atomic mass is 19.4. The van der Waals surface area contributed by atoms with Crippen LogP contribution in [-0.4, -0.2) is 30.9 Å². The number of benzene rings is 1. The molecule has 0 fully saturated rings. The lowest BCUT2D eigenvalue weighted by atomic mass is 10.0. The number of carbonyl (C=O) groups is 1. The van der Waals surface area contributed by atoms with Gasteiger partial charge >= 0.3 is 6.18 Å². The lowest BCUT2D eigenvalue weighted by Crippen LogP contribution is -2.13. The molecule has 2 N–H and O–H groups in total. The number of fused-ring (bicyclic) bond motifs is 5. The molecular weight excluding hydrogens is 373 g/mol. The summed E-state index contributed by atoms with van der Waals surface area (Å²) in [6.07, 6.45) is 0.946. The molecule has 0 saturated heterocycles. The van der Waals surface area contributed by atoms with Crippen molar-refractivity contribution < 1.29 is 18.0 Å². The molecule has 3 aromatic heterocycles. The highest BCUT2D eigenvalue weighted by Crippen LogP contribution is 2.41. The number of H-pyrrole nitrogens is 1. The van der Waals surface area contributed by atoms with Gasteiger partial charge < -0.3 is 5.32 Å². The number of aromatic nitrogens is 5. The molecular formula is C18H9F3N6O. The second kappa shape index (κ2) is 5.59. The van der Waals surface area contributed by atoms with Gasteiger partial charge in [-0.05, 0) is 18.2 Å². The summed E-state index contributed by atoms with van der Waals surface area (Å²) in [6.45, 7) is 0. The normalized spacial score (nSPS) is 12.9. The number of hydrogen-bond acceptors (Lipinski definition) is 6. The van der Waals surface area contributed by atoms with Crippen LogP contribution in [0.1, 0.15) is 21.9 Å². The van der Waals surface area contributed by atoms with Crippen molar-refractivity contribution in [2.75, 3.05) is 5.32 Å². The molecule has 1 aliphatic rings. The first-order valence-corrected chi connectivity index (χ1v) is 8.10. The van der Waals surface area contributed by atoms with E-state index in [1.54, 1.807) is 30.6 Å². The van der Waals surface area contributed by atoms with Gasteiger partial charge in [0.15, 0.2) is 0 Å². The minimum atomic E-state index is -4.73. The number of nitrogens with zero attached hydrogens (tertiary/aromatic N) is 4. The number of rotatable bonds is 2. The summed E-state index contributed by atoms with van der Waals surface area (Å²) in [5.41, 5.74) is 2.72. The number of alkyl halides is 3. The maximum atomic E-state index is 12.9. The van der Waals surface area contributed by atoms with E-state index in [-0.39, 0.29) is 16.8 Å². The molecule has 28 heavy (non-hydrogen) atoms. The van der Waals surface area contributed by atoms with Crippen LogP contribution in [0.4, 0.5) is 24.5 Å². The average Bonchev–Trinajstić information content (AvgIpc) is 3.27. The van der Waals surface area contributed by atoms with Crippen LogP contribution in [0.15, 0.2) is 43.0 Å². The number of aromatic amines is 1. The molecule has 1 aromatic carbocycles. The molecule has 3 heterocycles. The molecule has 4 aromatic rings. The Morgan fingerprint density at radius 3 is 2.57 bits per heavy atom. The minimum Gasteiger partial charge on any atom is -0.353 e. The Hall–Kier alpha value is -3.82. The van der Waals surface area contributed by atoms with E-state index in [4.69, 9.17) is 0 Å². The Kier molecular flexibility index (Phi) is 3.26. The van der Waals surface area contributed by atoms with Crippen LogP contribution in [-0.2, 0) is 6.18 Å². The zero-order chi connectivity index (χ0) is 19.5. The molecule has 0 saturated carbocycles. The fourth-order valence-corrected chi connectivity index (χ4v) is 3.22. The molecule has 0 aliphatic heterocycles. The number of hydrogen-bond donors (Lipinski definition) is 2. The predicted octanol–water partition coefficient (Wildman–Crippen LogP) is 3.72. The van der Waals surface area contributed by atoms with Gasteiger partial charge in [-0.25, -0.2) is 9.97 Å². The molecule has 1 aliphatic carbocycles. The van der Waals surface area contributed by atoms with Gasteiger partial charge in [0.05, 0.1) is 23.0 Å². The van der Waals surface area contributed by atoms with Gasteiger partial charge in [-0.3, -0.25) is 14.9 Å². The monoisotopic (exact) mass is 382 g/mol.